The van der Waals surface area contributed by atoms with E-state index in [9.17, 15) is 42.0 Å². The van der Waals surface area contributed by atoms with Gasteiger partial charge in [-0.2, -0.15) is 18.4 Å². The van der Waals surface area contributed by atoms with Crippen molar-refractivity contribution >= 4 is 63.8 Å². The molecule has 0 radical (unpaired) electrons. The van der Waals surface area contributed by atoms with Gasteiger partial charge in [0.15, 0.2) is 10.9 Å². The van der Waals surface area contributed by atoms with Crippen LogP contribution in [0, 0.1) is 23.2 Å². The summed E-state index contributed by atoms with van der Waals surface area (Å²) in [5, 5.41) is 12.0. The molecule has 312 valence electrons. The summed E-state index contributed by atoms with van der Waals surface area (Å²) in [6.07, 6.45) is -0.888. The van der Waals surface area contributed by atoms with Gasteiger partial charge >= 0.3 is 6.18 Å². The van der Waals surface area contributed by atoms with E-state index in [0.29, 0.717) is 60.4 Å². The first-order valence-electron chi connectivity index (χ1n) is 19.5. The fraction of sp³-hybridized carbons (Fsp3) is 0.442. The SMILES string of the molecule is CC1(C)C(=O)N(c2ccc(C#N)c(C(F)(F)F)c2)C(=S)N1c1ccc(OCCC2CCN(CC(=O)Cc3cc(Cl)cc(CC4CCC(=O)NC4=O)c3)CC2)c(CCF)c1. The van der Waals surface area contributed by atoms with Crippen molar-refractivity contribution in [2.24, 2.45) is 11.8 Å². The fourth-order valence-corrected chi connectivity index (χ4v) is 8.86. The van der Waals surface area contributed by atoms with Gasteiger partial charge in [0, 0.05) is 35.9 Å². The third-order valence-corrected chi connectivity index (χ3v) is 11.7. The van der Waals surface area contributed by atoms with Crippen LogP contribution in [-0.4, -0.2) is 72.0 Å². The van der Waals surface area contributed by atoms with Crippen LogP contribution in [-0.2, 0) is 44.6 Å². The van der Waals surface area contributed by atoms with Gasteiger partial charge in [-0.25, -0.2) is 0 Å². The van der Waals surface area contributed by atoms with Crippen molar-refractivity contribution in [2.45, 2.75) is 76.9 Å². The summed E-state index contributed by atoms with van der Waals surface area (Å²) in [7, 11) is 0. The lowest BCUT2D eigenvalue weighted by Gasteiger charge is -2.31. The van der Waals surface area contributed by atoms with Crippen LogP contribution >= 0.6 is 23.8 Å². The minimum atomic E-state index is -4.83. The maximum atomic E-state index is 13.8. The number of hydrogen-bond donors (Lipinski definition) is 1. The highest BCUT2D eigenvalue weighted by atomic mass is 35.5. The Balaban J connectivity index is 1.02. The van der Waals surface area contributed by atoms with Crippen LogP contribution in [0.2, 0.25) is 5.02 Å². The van der Waals surface area contributed by atoms with E-state index in [2.05, 4.69) is 10.2 Å². The average Bonchev–Trinajstić information content (AvgIpc) is 3.35. The number of amides is 3. The minimum absolute atomic E-state index is 0.0230. The van der Waals surface area contributed by atoms with Gasteiger partial charge in [-0.3, -0.25) is 38.7 Å². The lowest BCUT2D eigenvalue weighted by atomic mass is 9.90. The van der Waals surface area contributed by atoms with E-state index in [0.717, 1.165) is 60.5 Å². The number of carbonyl (C=O) groups is 4. The second kappa shape index (κ2) is 18.1. The molecule has 0 aromatic heterocycles. The molecule has 3 saturated heterocycles. The zero-order valence-corrected chi connectivity index (χ0v) is 34.2. The fourth-order valence-electron chi connectivity index (χ4n) is 8.06. The number of likely N-dealkylation sites (tertiary alicyclic amines) is 1. The van der Waals surface area contributed by atoms with Gasteiger partial charge in [-0.1, -0.05) is 17.7 Å². The molecule has 59 heavy (non-hydrogen) atoms. The summed E-state index contributed by atoms with van der Waals surface area (Å²) in [6.45, 7) is 4.68. The molecule has 3 aromatic rings. The smallest absolute Gasteiger partial charge is 0.417 e. The van der Waals surface area contributed by atoms with Crippen LogP contribution in [0.4, 0.5) is 28.9 Å². The summed E-state index contributed by atoms with van der Waals surface area (Å²) < 4.78 is 61.3. The Morgan fingerprint density at radius 1 is 1.02 bits per heavy atom. The zero-order valence-electron chi connectivity index (χ0n) is 32.7. The molecule has 0 bridgehead atoms. The number of Topliss-reactive ketones (excluding diaryl/α,β-unsaturated/α-hetero) is 1. The first kappa shape index (κ1) is 43.7. The van der Waals surface area contributed by atoms with Crippen molar-refractivity contribution in [3.8, 4) is 11.8 Å². The lowest BCUT2D eigenvalue weighted by molar-refractivity contribution is -0.138. The summed E-state index contributed by atoms with van der Waals surface area (Å²) in [6, 6.07) is 15.0. The monoisotopic (exact) mass is 853 g/mol. The Morgan fingerprint density at radius 3 is 2.41 bits per heavy atom. The van der Waals surface area contributed by atoms with Crippen molar-refractivity contribution in [1.29, 1.82) is 5.26 Å². The third-order valence-electron chi connectivity index (χ3n) is 11.2. The number of rotatable bonds is 14. The molecule has 0 saturated carbocycles. The maximum absolute atomic E-state index is 13.8. The summed E-state index contributed by atoms with van der Waals surface area (Å²) in [4.78, 5) is 55.2. The highest BCUT2D eigenvalue weighted by Crippen LogP contribution is 2.41. The normalized spacial score (nSPS) is 18.9. The van der Waals surface area contributed by atoms with E-state index in [1.807, 2.05) is 6.07 Å². The van der Waals surface area contributed by atoms with E-state index >= 15 is 0 Å². The van der Waals surface area contributed by atoms with Gasteiger partial charge in [0.2, 0.25) is 11.8 Å². The van der Waals surface area contributed by atoms with E-state index in [4.69, 9.17) is 28.6 Å². The first-order valence-corrected chi connectivity index (χ1v) is 20.2. The Bertz CT molecular complexity index is 2190. The number of hydrogen-bond acceptors (Lipinski definition) is 8. The number of alkyl halides is 4. The first-order chi connectivity index (χ1) is 28.0. The van der Waals surface area contributed by atoms with E-state index in [-0.39, 0.29) is 47.2 Å². The number of nitrogens with one attached hydrogen (secondary N) is 1. The molecule has 1 unspecified atom stereocenters. The Kier molecular flexibility index (Phi) is 13.4. The number of aryl methyl sites for hydroxylation is 1. The van der Waals surface area contributed by atoms with Crippen molar-refractivity contribution in [3.63, 3.8) is 0 Å². The number of carbonyl (C=O) groups excluding carboxylic acids is 4. The van der Waals surface area contributed by atoms with E-state index in [1.165, 1.54) is 17.0 Å². The van der Waals surface area contributed by atoms with Gasteiger partial charge in [0.05, 0.1) is 42.7 Å². The summed E-state index contributed by atoms with van der Waals surface area (Å²) in [5.74, 6) is -0.547. The largest absolute Gasteiger partial charge is 0.493 e. The second-order valence-corrected chi connectivity index (χ2v) is 16.6. The molecule has 3 heterocycles. The van der Waals surface area contributed by atoms with E-state index in [1.54, 1.807) is 44.2 Å². The second-order valence-electron chi connectivity index (χ2n) is 15.8. The van der Waals surface area contributed by atoms with Gasteiger partial charge in [0.25, 0.3) is 5.91 Å². The van der Waals surface area contributed by atoms with Gasteiger partial charge in [-0.15, -0.1) is 0 Å². The van der Waals surface area contributed by atoms with Crippen LogP contribution in [0.3, 0.4) is 0 Å². The van der Waals surface area contributed by atoms with Crippen LogP contribution in [0.1, 0.15) is 73.8 Å². The Morgan fingerprint density at radius 2 is 1.73 bits per heavy atom. The molecule has 3 aromatic carbocycles. The maximum Gasteiger partial charge on any atom is 0.417 e. The van der Waals surface area contributed by atoms with Crippen molar-refractivity contribution in [2.75, 3.05) is 42.7 Å². The molecule has 10 nitrogen and oxygen atoms in total. The molecule has 1 N–H and O–H groups in total. The van der Waals surface area contributed by atoms with Crippen molar-refractivity contribution < 1.29 is 41.5 Å². The number of thiocarbonyl (C=S) groups is 1. The molecule has 3 aliphatic rings. The quantitative estimate of drug-likeness (QED) is 0.0996. The molecular weight excluding hydrogens is 810 g/mol. The summed E-state index contributed by atoms with van der Waals surface area (Å²) in [5.41, 5.74) is -0.567. The van der Waals surface area contributed by atoms with E-state index < -0.39 is 35.4 Å². The molecule has 0 aliphatic carbocycles. The van der Waals surface area contributed by atoms with Crippen molar-refractivity contribution in [1.82, 2.24) is 10.2 Å². The lowest BCUT2D eigenvalue weighted by Crippen LogP contribution is -2.44. The van der Waals surface area contributed by atoms with Crippen LogP contribution < -0.4 is 19.9 Å². The number of ether oxygens (including phenoxy) is 1. The van der Waals surface area contributed by atoms with Crippen molar-refractivity contribution in [3.05, 3.63) is 87.4 Å². The zero-order chi connectivity index (χ0) is 42.6. The Hall–Kier alpha value is -4.91. The average molecular weight is 854 g/mol. The van der Waals surface area contributed by atoms with Gasteiger partial charge < -0.3 is 9.64 Å². The standard InChI is InChI=1S/C43H44ClF4N5O5S/c1-42(2)40(57)52(33-5-3-31(24-49)36(23-33)43(46,47)48)41(59)53(42)34-6-7-37(29(22-34)9-13-45)58-16-12-26-10-14-51(15-11-26)25-35(54)21-28-17-27(19-32(44)20-28)18-30-4-8-38(55)50-39(30)56/h3,5-7,17,19-20,22-23,26,30H,4,8-16,18,21,25H2,1-2H3,(H,50,55,56). The third kappa shape index (κ3) is 10.1. The molecule has 1 atom stereocenters. The summed E-state index contributed by atoms with van der Waals surface area (Å²) >= 11 is 12.0. The van der Waals surface area contributed by atoms with Crippen LogP contribution in [0.25, 0.3) is 0 Å². The topological polar surface area (TPSA) is 123 Å². The molecule has 3 fully saturated rings. The molecule has 0 spiro atoms. The number of halogens is 5. The highest BCUT2D eigenvalue weighted by Gasteiger charge is 2.51. The molecule has 16 heteroatoms. The van der Waals surface area contributed by atoms with Crippen LogP contribution in [0.15, 0.2) is 54.6 Å². The highest BCUT2D eigenvalue weighted by molar-refractivity contribution is 7.81. The number of benzene rings is 3. The number of nitrogens with zero attached hydrogens (tertiary/aromatic N) is 4. The number of nitriles is 1. The van der Waals surface area contributed by atoms with Gasteiger partial charge in [0.1, 0.15) is 11.3 Å². The number of anilines is 2. The Labute approximate surface area is 350 Å². The molecule has 3 aliphatic heterocycles. The molecule has 3 amide bonds. The van der Waals surface area contributed by atoms with Gasteiger partial charge in [-0.05, 0) is 142 Å². The minimum Gasteiger partial charge on any atom is -0.493 e. The number of piperidine rings is 2. The number of imide groups is 1. The van der Waals surface area contributed by atoms with Crippen LogP contribution in [0.5, 0.6) is 5.75 Å². The molecule has 6 rings (SSSR count). The number of ketones is 1. The predicted octanol–water partition coefficient (Wildman–Crippen LogP) is 7.55. The predicted molar refractivity (Wildman–Crippen MR) is 218 cm³/mol. The molecular formula is C43H44ClF4N5O5S.